The minimum atomic E-state index is 0.0196. The second-order valence-electron chi connectivity index (χ2n) is 3.95. The molecule has 0 bridgehead atoms. The van der Waals surface area contributed by atoms with Crippen LogP contribution >= 0.6 is 0 Å². The van der Waals surface area contributed by atoms with Crippen LogP contribution in [0.5, 0.6) is 0 Å². The van der Waals surface area contributed by atoms with Gasteiger partial charge in [-0.1, -0.05) is 0 Å². The number of ether oxygens (including phenoxy) is 1. The number of aryl methyl sites for hydroxylation is 1. The van der Waals surface area contributed by atoms with Crippen LogP contribution in [-0.2, 0) is 11.3 Å². The van der Waals surface area contributed by atoms with E-state index >= 15 is 0 Å². The second-order valence-corrected chi connectivity index (χ2v) is 3.95. The Balaban J connectivity index is 2.20. The molecular weight excluding hydrogens is 192 g/mol. The van der Waals surface area contributed by atoms with Crippen molar-refractivity contribution in [3.8, 4) is 0 Å². The molecule has 0 amide bonds. The summed E-state index contributed by atoms with van der Waals surface area (Å²) in [5.74, 6) is 0.223. The zero-order valence-electron chi connectivity index (χ0n) is 9.09. The zero-order valence-corrected chi connectivity index (χ0v) is 9.09. The van der Waals surface area contributed by atoms with Gasteiger partial charge in [0.2, 0.25) is 0 Å². The number of hydrogen-bond donors (Lipinski definition) is 1. The highest BCUT2D eigenvalue weighted by Gasteiger charge is 2.28. The summed E-state index contributed by atoms with van der Waals surface area (Å²) >= 11 is 0. The van der Waals surface area contributed by atoms with Crippen molar-refractivity contribution in [2.45, 2.75) is 32.4 Å². The van der Waals surface area contributed by atoms with Gasteiger partial charge in [-0.15, -0.1) is 0 Å². The Bertz CT molecular complexity index is 311. The number of rotatable bonds is 3. The molecule has 1 aromatic rings. The fourth-order valence-corrected chi connectivity index (χ4v) is 2.21. The van der Waals surface area contributed by atoms with Crippen LogP contribution < -0.4 is 0 Å². The largest absolute Gasteiger partial charge is 0.396 e. The van der Waals surface area contributed by atoms with Crippen LogP contribution in [0.3, 0.4) is 0 Å². The summed E-state index contributed by atoms with van der Waals surface area (Å²) in [5, 5.41) is 13.5. The molecule has 0 spiro atoms. The van der Waals surface area contributed by atoms with E-state index in [-0.39, 0.29) is 18.6 Å². The summed E-state index contributed by atoms with van der Waals surface area (Å²) in [6.07, 6.45) is 3.90. The molecule has 2 rings (SSSR count). The molecule has 0 aromatic carbocycles. The van der Waals surface area contributed by atoms with Crippen molar-refractivity contribution in [2.24, 2.45) is 5.92 Å². The molecule has 4 heteroatoms. The number of nitrogens with zero attached hydrogens (tertiary/aromatic N) is 2. The van der Waals surface area contributed by atoms with Gasteiger partial charge < -0.3 is 9.84 Å². The summed E-state index contributed by atoms with van der Waals surface area (Å²) in [6, 6.07) is 1.99. The number of aliphatic hydroxyl groups is 1. The van der Waals surface area contributed by atoms with Crippen LogP contribution in [0, 0.1) is 5.92 Å². The van der Waals surface area contributed by atoms with Gasteiger partial charge in [0.25, 0.3) is 0 Å². The molecule has 2 atom stereocenters. The predicted octanol–water partition coefficient (Wildman–Crippen LogP) is 1.36. The second kappa shape index (κ2) is 4.77. The summed E-state index contributed by atoms with van der Waals surface area (Å²) in [4.78, 5) is 0. The number of aromatic nitrogens is 2. The van der Waals surface area contributed by atoms with Crippen molar-refractivity contribution >= 4 is 0 Å². The Morgan fingerprint density at radius 3 is 3.27 bits per heavy atom. The van der Waals surface area contributed by atoms with E-state index in [0.29, 0.717) is 0 Å². The molecule has 15 heavy (non-hydrogen) atoms. The van der Waals surface area contributed by atoms with E-state index in [1.165, 1.54) is 0 Å². The highest BCUT2D eigenvalue weighted by molar-refractivity contribution is 5.07. The van der Waals surface area contributed by atoms with Crippen LogP contribution in [0.25, 0.3) is 0 Å². The third kappa shape index (κ3) is 2.06. The molecule has 2 unspecified atom stereocenters. The van der Waals surface area contributed by atoms with Gasteiger partial charge in [-0.2, -0.15) is 5.10 Å². The minimum Gasteiger partial charge on any atom is -0.396 e. The highest BCUT2D eigenvalue weighted by Crippen LogP contribution is 2.32. The van der Waals surface area contributed by atoms with Gasteiger partial charge in [0.15, 0.2) is 0 Å². The molecule has 1 aromatic heterocycles. The SMILES string of the molecule is CCn1nccc1C1OCCCC1CO. The van der Waals surface area contributed by atoms with Crippen molar-refractivity contribution in [1.82, 2.24) is 9.78 Å². The maximum Gasteiger partial charge on any atom is 0.104 e. The Kier molecular flexibility index (Phi) is 3.38. The van der Waals surface area contributed by atoms with E-state index in [4.69, 9.17) is 4.74 Å². The lowest BCUT2D eigenvalue weighted by Gasteiger charge is -2.30. The summed E-state index contributed by atoms with van der Waals surface area (Å²) in [7, 11) is 0. The standard InChI is InChI=1S/C11H18N2O2/c1-2-13-10(5-6-12-13)11-9(8-14)4-3-7-15-11/h5-6,9,11,14H,2-4,7-8H2,1H3. The predicted molar refractivity (Wildman–Crippen MR) is 56.4 cm³/mol. The molecule has 0 saturated carbocycles. The first-order valence-corrected chi connectivity index (χ1v) is 5.61. The molecule has 2 heterocycles. The molecule has 1 N–H and O–H groups in total. The Morgan fingerprint density at radius 1 is 1.67 bits per heavy atom. The summed E-state index contributed by atoms with van der Waals surface area (Å²) in [5.41, 5.74) is 1.09. The van der Waals surface area contributed by atoms with Gasteiger partial charge in [0, 0.05) is 31.9 Å². The topological polar surface area (TPSA) is 47.3 Å². The van der Waals surface area contributed by atoms with Crippen molar-refractivity contribution in [2.75, 3.05) is 13.2 Å². The van der Waals surface area contributed by atoms with Gasteiger partial charge in [-0.05, 0) is 25.8 Å². The molecule has 84 valence electrons. The monoisotopic (exact) mass is 210 g/mol. The van der Waals surface area contributed by atoms with E-state index in [2.05, 4.69) is 12.0 Å². The van der Waals surface area contributed by atoms with Gasteiger partial charge in [-0.25, -0.2) is 0 Å². The van der Waals surface area contributed by atoms with Crippen LogP contribution in [0.2, 0.25) is 0 Å². The van der Waals surface area contributed by atoms with Gasteiger partial charge in [0.05, 0.1) is 5.69 Å². The fraction of sp³-hybridized carbons (Fsp3) is 0.727. The van der Waals surface area contributed by atoms with Crippen molar-refractivity contribution in [3.05, 3.63) is 18.0 Å². The normalized spacial score (nSPS) is 26.8. The first-order chi connectivity index (χ1) is 7.36. The minimum absolute atomic E-state index is 0.0196. The molecule has 0 aliphatic carbocycles. The zero-order chi connectivity index (χ0) is 10.7. The third-order valence-electron chi connectivity index (χ3n) is 3.02. The fourth-order valence-electron chi connectivity index (χ4n) is 2.21. The van der Waals surface area contributed by atoms with Crippen molar-refractivity contribution in [3.63, 3.8) is 0 Å². The van der Waals surface area contributed by atoms with E-state index < -0.39 is 0 Å². The van der Waals surface area contributed by atoms with E-state index in [9.17, 15) is 5.11 Å². The van der Waals surface area contributed by atoms with Crippen LogP contribution in [0.4, 0.5) is 0 Å². The Labute approximate surface area is 89.9 Å². The van der Waals surface area contributed by atoms with Gasteiger partial charge in [-0.3, -0.25) is 4.68 Å². The lowest BCUT2D eigenvalue weighted by molar-refractivity contribution is -0.0501. The first-order valence-electron chi connectivity index (χ1n) is 5.61. The quantitative estimate of drug-likeness (QED) is 0.819. The van der Waals surface area contributed by atoms with Crippen molar-refractivity contribution in [1.29, 1.82) is 0 Å². The smallest absolute Gasteiger partial charge is 0.104 e. The Morgan fingerprint density at radius 2 is 2.53 bits per heavy atom. The average Bonchev–Trinajstić information content (AvgIpc) is 2.76. The maximum absolute atomic E-state index is 9.31. The molecular formula is C11H18N2O2. The molecule has 1 fully saturated rings. The van der Waals surface area contributed by atoms with Crippen LogP contribution in [0.15, 0.2) is 12.3 Å². The average molecular weight is 210 g/mol. The molecule has 1 saturated heterocycles. The molecule has 1 aliphatic rings. The molecule has 1 aliphatic heterocycles. The number of aliphatic hydroxyl groups excluding tert-OH is 1. The van der Waals surface area contributed by atoms with Gasteiger partial charge in [0.1, 0.15) is 6.10 Å². The van der Waals surface area contributed by atoms with E-state index in [1.807, 2.05) is 10.7 Å². The van der Waals surface area contributed by atoms with Crippen molar-refractivity contribution < 1.29 is 9.84 Å². The molecule has 0 radical (unpaired) electrons. The van der Waals surface area contributed by atoms with Crippen LogP contribution in [-0.4, -0.2) is 28.1 Å². The Hall–Kier alpha value is -0.870. The maximum atomic E-state index is 9.31. The van der Waals surface area contributed by atoms with E-state index in [0.717, 1.165) is 31.7 Å². The first kappa shape index (κ1) is 10.6. The summed E-state index contributed by atoms with van der Waals surface area (Å²) in [6.45, 7) is 3.89. The lowest BCUT2D eigenvalue weighted by atomic mass is 9.93. The van der Waals surface area contributed by atoms with Crippen LogP contribution in [0.1, 0.15) is 31.6 Å². The lowest BCUT2D eigenvalue weighted by Crippen LogP contribution is -2.27. The molecule has 4 nitrogen and oxygen atoms in total. The number of hydrogen-bond acceptors (Lipinski definition) is 3. The van der Waals surface area contributed by atoms with E-state index in [1.54, 1.807) is 6.20 Å². The summed E-state index contributed by atoms with van der Waals surface area (Å²) < 4.78 is 7.69. The highest BCUT2D eigenvalue weighted by atomic mass is 16.5. The third-order valence-corrected chi connectivity index (χ3v) is 3.02. The van der Waals surface area contributed by atoms with Gasteiger partial charge >= 0.3 is 0 Å².